The van der Waals surface area contributed by atoms with E-state index in [0.29, 0.717) is 56.3 Å². The van der Waals surface area contributed by atoms with Crippen LogP contribution < -0.4 is 10.9 Å². The van der Waals surface area contributed by atoms with E-state index >= 15 is 0 Å². The van der Waals surface area contributed by atoms with Gasteiger partial charge in [-0.15, -0.1) is 0 Å². The van der Waals surface area contributed by atoms with Gasteiger partial charge in [0.2, 0.25) is 0 Å². The smallest absolute Gasteiger partial charge is 0.196 e. The lowest BCUT2D eigenvalue weighted by atomic mass is 9.84. The highest BCUT2D eigenvalue weighted by Crippen LogP contribution is 2.49. The first-order chi connectivity index (χ1) is 17.8. The molecular formula is C30H9Br2Cl3O2. The Hall–Kier alpha value is -2.47. The van der Waals surface area contributed by atoms with E-state index in [9.17, 15) is 9.59 Å². The largest absolute Gasteiger partial charge is 0.289 e. The fourth-order valence-electron chi connectivity index (χ4n) is 6.21. The molecule has 0 aliphatic carbocycles. The quantitative estimate of drug-likeness (QED) is 0.119. The Bertz CT molecular complexity index is 2450. The van der Waals surface area contributed by atoms with Crippen LogP contribution in [0.1, 0.15) is 0 Å². The summed E-state index contributed by atoms with van der Waals surface area (Å²) in [6.45, 7) is 0. The second kappa shape index (κ2) is 7.34. The second-order valence-corrected chi connectivity index (χ2v) is 12.3. The van der Waals surface area contributed by atoms with E-state index in [1.54, 1.807) is 24.3 Å². The van der Waals surface area contributed by atoms with Gasteiger partial charge in [-0.2, -0.15) is 0 Å². The van der Waals surface area contributed by atoms with Crippen molar-refractivity contribution >= 4 is 142 Å². The average Bonchev–Trinajstić information content (AvgIpc) is 2.87. The van der Waals surface area contributed by atoms with E-state index < -0.39 is 0 Å². The fraction of sp³-hybridized carbons (Fsp3) is 0. The number of fused-ring (bicyclic) bond motifs is 4. The number of halogens is 5. The first-order valence-corrected chi connectivity index (χ1v) is 14.0. The minimum absolute atomic E-state index is 0.0835. The summed E-state index contributed by atoms with van der Waals surface area (Å²) in [4.78, 5) is 27.6. The maximum absolute atomic E-state index is 13.9. The topological polar surface area (TPSA) is 34.1 Å². The summed E-state index contributed by atoms with van der Waals surface area (Å²) in [5.74, 6) is 0. The zero-order valence-corrected chi connectivity index (χ0v) is 23.8. The van der Waals surface area contributed by atoms with Crippen molar-refractivity contribution in [3.63, 3.8) is 0 Å². The molecule has 0 heterocycles. The maximum Gasteiger partial charge on any atom is 0.196 e. The van der Waals surface area contributed by atoms with Gasteiger partial charge in [0.05, 0.1) is 10.4 Å². The van der Waals surface area contributed by atoms with E-state index in [4.69, 9.17) is 34.8 Å². The third-order valence-electron chi connectivity index (χ3n) is 7.61. The van der Waals surface area contributed by atoms with Gasteiger partial charge in [-0.3, -0.25) is 9.59 Å². The molecule has 176 valence electrons. The molecule has 0 N–H and O–H groups in total. The number of hydrogen-bond donors (Lipinski definition) is 0. The lowest BCUT2D eigenvalue weighted by Gasteiger charge is -2.20. The van der Waals surface area contributed by atoms with Gasteiger partial charge in [0.15, 0.2) is 10.9 Å². The molecular weight excluding hydrogens is 658 g/mol. The van der Waals surface area contributed by atoms with Gasteiger partial charge in [-0.05, 0) is 96.8 Å². The Morgan fingerprint density at radius 1 is 0.432 bits per heavy atom. The highest BCUT2D eigenvalue weighted by Gasteiger charge is 2.25. The van der Waals surface area contributed by atoms with Crippen LogP contribution in [0, 0.1) is 0 Å². The predicted molar refractivity (Wildman–Crippen MR) is 166 cm³/mol. The summed E-state index contributed by atoms with van der Waals surface area (Å²) < 4.78 is 1.38. The van der Waals surface area contributed by atoms with Crippen LogP contribution in [0.25, 0.3) is 75.4 Å². The van der Waals surface area contributed by atoms with Crippen LogP contribution in [0.15, 0.2) is 73.1 Å². The monoisotopic (exact) mass is 664 g/mol. The molecule has 0 aromatic heterocycles. The van der Waals surface area contributed by atoms with Crippen LogP contribution in [-0.4, -0.2) is 0 Å². The lowest BCUT2D eigenvalue weighted by Crippen LogP contribution is -2.07. The Morgan fingerprint density at radius 3 is 1.76 bits per heavy atom. The molecule has 0 bridgehead atoms. The van der Waals surface area contributed by atoms with Gasteiger partial charge in [-0.25, -0.2) is 0 Å². The lowest BCUT2D eigenvalue weighted by molar-refractivity contribution is 1.69. The molecule has 0 spiro atoms. The first-order valence-electron chi connectivity index (χ1n) is 11.3. The highest BCUT2D eigenvalue weighted by atomic mass is 79.9. The summed E-state index contributed by atoms with van der Waals surface area (Å²) in [6, 6.07) is 16.9. The van der Waals surface area contributed by atoms with E-state index in [-0.39, 0.29) is 10.9 Å². The third kappa shape index (κ3) is 2.63. The Morgan fingerprint density at radius 2 is 1.00 bits per heavy atom. The summed E-state index contributed by atoms with van der Waals surface area (Å²) in [5, 5.41) is 11.9. The number of benzene rings is 8. The van der Waals surface area contributed by atoms with Crippen LogP contribution in [0.2, 0.25) is 15.1 Å². The predicted octanol–water partition coefficient (Wildman–Crippen LogP) is 10.3. The standard InChI is InChI=1S/C30H9Br2Cl3O2/c31-15-3-4-17(33)23-13-8-11-9-16(32)27-25-14(24-18(34)5-6-19(35)28(24)30(27)37)7-10-1-2-12(29(36)26(15)23)22(13)20(10)21(11)25/h1-9H. The molecule has 8 aromatic carbocycles. The SMILES string of the molecule is O=c1c2ccc3cc4c5c(Cl)ccc(Cl)c5c(=O)c5c(Br)cc6cc(c7c(Cl)ccc(Br)c17)c2c3c6c54. The second-order valence-electron chi connectivity index (χ2n) is 9.36. The molecule has 8 aromatic rings. The molecule has 0 atom stereocenters. The van der Waals surface area contributed by atoms with Crippen molar-refractivity contribution in [3.05, 3.63) is 99.1 Å². The zero-order valence-electron chi connectivity index (χ0n) is 18.4. The minimum Gasteiger partial charge on any atom is -0.289 e. The third-order valence-corrected chi connectivity index (χ3v) is 9.84. The Balaban J connectivity index is 1.81. The highest BCUT2D eigenvalue weighted by molar-refractivity contribution is 9.11. The van der Waals surface area contributed by atoms with Gasteiger partial charge in [0.25, 0.3) is 0 Å². The van der Waals surface area contributed by atoms with Crippen LogP contribution in [0.3, 0.4) is 0 Å². The molecule has 0 saturated carbocycles. The van der Waals surface area contributed by atoms with Crippen molar-refractivity contribution in [2.24, 2.45) is 0 Å². The van der Waals surface area contributed by atoms with Crippen LogP contribution in [0.5, 0.6) is 0 Å². The van der Waals surface area contributed by atoms with Crippen molar-refractivity contribution < 1.29 is 0 Å². The molecule has 0 fully saturated rings. The summed E-state index contributed by atoms with van der Waals surface area (Å²) in [7, 11) is 0. The molecule has 2 nitrogen and oxygen atoms in total. The van der Waals surface area contributed by atoms with E-state index in [0.717, 1.165) is 43.1 Å². The molecule has 0 aliphatic rings. The molecule has 37 heavy (non-hydrogen) atoms. The maximum atomic E-state index is 13.9. The van der Waals surface area contributed by atoms with Crippen molar-refractivity contribution in [1.82, 2.24) is 0 Å². The molecule has 0 saturated heterocycles. The van der Waals surface area contributed by atoms with Crippen LogP contribution >= 0.6 is 66.7 Å². The van der Waals surface area contributed by atoms with Crippen LogP contribution in [0.4, 0.5) is 0 Å². The van der Waals surface area contributed by atoms with Crippen LogP contribution in [-0.2, 0) is 0 Å². The van der Waals surface area contributed by atoms with Gasteiger partial charge in [0.1, 0.15) is 0 Å². The van der Waals surface area contributed by atoms with Gasteiger partial charge >= 0.3 is 0 Å². The molecule has 0 unspecified atom stereocenters. The summed E-state index contributed by atoms with van der Waals surface area (Å²) >= 11 is 27.2. The molecule has 7 heteroatoms. The molecule has 0 amide bonds. The Labute approximate surface area is 239 Å². The van der Waals surface area contributed by atoms with Crippen molar-refractivity contribution in [3.8, 4) is 0 Å². The normalized spacial score (nSPS) is 12.7. The van der Waals surface area contributed by atoms with Crippen molar-refractivity contribution in [1.29, 1.82) is 0 Å². The van der Waals surface area contributed by atoms with E-state index in [1.165, 1.54) is 0 Å². The minimum atomic E-state index is -0.180. The van der Waals surface area contributed by atoms with Crippen molar-refractivity contribution in [2.45, 2.75) is 0 Å². The van der Waals surface area contributed by atoms with Gasteiger partial charge in [-0.1, -0.05) is 56.8 Å². The van der Waals surface area contributed by atoms with Gasteiger partial charge in [0, 0.05) is 56.7 Å². The fourth-order valence-corrected chi connectivity index (χ4v) is 8.10. The number of rotatable bonds is 0. The molecule has 0 radical (unpaired) electrons. The summed E-state index contributed by atoms with van der Waals surface area (Å²) in [5.41, 5.74) is -0.263. The van der Waals surface area contributed by atoms with E-state index in [1.807, 2.05) is 18.2 Å². The molecule has 8 rings (SSSR count). The zero-order chi connectivity index (χ0) is 25.5. The van der Waals surface area contributed by atoms with Gasteiger partial charge < -0.3 is 0 Å². The van der Waals surface area contributed by atoms with Crippen molar-refractivity contribution in [2.75, 3.05) is 0 Å². The average molecular weight is 668 g/mol. The molecule has 0 aliphatic heterocycles. The summed E-state index contributed by atoms with van der Waals surface area (Å²) in [6.07, 6.45) is 0. The van der Waals surface area contributed by atoms with E-state index in [2.05, 4.69) is 44.0 Å². The first kappa shape index (κ1) is 22.5. The number of hydrogen-bond acceptors (Lipinski definition) is 2. The Kier molecular flexibility index (Phi) is 4.46.